The minimum Gasteiger partial charge on any atom is -0.481 e. The molecular formula is C12H23N3O4. The van der Waals surface area contributed by atoms with Gasteiger partial charge in [0.25, 0.3) is 0 Å². The lowest BCUT2D eigenvalue weighted by Crippen LogP contribution is -2.47. The minimum absolute atomic E-state index is 0.0863. The van der Waals surface area contributed by atoms with Gasteiger partial charge in [0.05, 0.1) is 13.0 Å². The van der Waals surface area contributed by atoms with Crippen molar-refractivity contribution in [1.29, 1.82) is 0 Å². The zero-order chi connectivity index (χ0) is 14.8. The second-order valence-corrected chi connectivity index (χ2v) is 4.10. The van der Waals surface area contributed by atoms with Crippen molar-refractivity contribution >= 4 is 17.9 Å². The monoisotopic (exact) mass is 273 g/mol. The van der Waals surface area contributed by atoms with Gasteiger partial charge in [-0.05, 0) is 20.3 Å². The first-order chi connectivity index (χ1) is 8.94. The van der Waals surface area contributed by atoms with E-state index < -0.39 is 18.0 Å². The molecule has 0 aromatic heterocycles. The van der Waals surface area contributed by atoms with Crippen molar-refractivity contribution in [3.63, 3.8) is 0 Å². The van der Waals surface area contributed by atoms with Crippen molar-refractivity contribution in [2.24, 2.45) is 0 Å². The van der Waals surface area contributed by atoms with Gasteiger partial charge in [0.15, 0.2) is 0 Å². The lowest BCUT2D eigenvalue weighted by atomic mass is 10.1. The van der Waals surface area contributed by atoms with Crippen LogP contribution >= 0.6 is 0 Å². The molecule has 0 bridgehead atoms. The summed E-state index contributed by atoms with van der Waals surface area (Å²) >= 11 is 0. The van der Waals surface area contributed by atoms with Crippen molar-refractivity contribution < 1.29 is 19.5 Å². The van der Waals surface area contributed by atoms with Crippen LogP contribution in [0.15, 0.2) is 0 Å². The lowest BCUT2D eigenvalue weighted by molar-refractivity contribution is -0.137. The molecule has 19 heavy (non-hydrogen) atoms. The first-order valence-corrected chi connectivity index (χ1v) is 6.48. The van der Waals surface area contributed by atoms with E-state index in [4.69, 9.17) is 5.11 Å². The van der Waals surface area contributed by atoms with Crippen LogP contribution in [0.2, 0.25) is 0 Å². The molecule has 1 atom stereocenters. The van der Waals surface area contributed by atoms with Crippen molar-refractivity contribution in [3.8, 4) is 0 Å². The number of urea groups is 1. The van der Waals surface area contributed by atoms with E-state index in [1.807, 2.05) is 13.8 Å². The summed E-state index contributed by atoms with van der Waals surface area (Å²) < 4.78 is 0. The van der Waals surface area contributed by atoms with Gasteiger partial charge >= 0.3 is 12.0 Å². The third kappa shape index (κ3) is 7.28. The van der Waals surface area contributed by atoms with Gasteiger partial charge in [0.2, 0.25) is 5.91 Å². The van der Waals surface area contributed by atoms with Crippen LogP contribution in [0.5, 0.6) is 0 Å². The maximum Gasteiger partial charge on any atom is 0.315 e. The molecule has 0 aliphatic heterocycles. The fourth-order valence-corrected chi connectivity index (χ4v) is 1.59. The summed E-state index contributed by atoms with van der Waals surface area (Å²) in [5.74, 6) is -1.13. The fourth-order valence-electron chi connectivity index (χ4n) is 1.59. The Hall–Kier alpha value is -1.79. The number of carboxylic acid groups (broad SMARTS) is 1. The van der Waals surface area contributed by atoms with Crippen molar-refractivity contribution in [2.75, 3.05) is 19.6 Å². The Kier molecular flexibility index (Phi) is 8.32. The zero-order valence-corrected chi connectivity index (χ0v) is 11.7. The van der Waals surface area contributed by atoms with Gasteiger partial charge in [-0.3, -0.25) is 9.59 Å². The molecule has 0 aromatic carbocycles. The van der Waals surface area contributed by atoms with Crippen LogP contribution in [0.25, 0.3) is 0 Å². The molecule has 0 spiro atoms. The van der Waals surface area contributed by atoms with E-state index in [-0.39, 0.29) is 18.9 Å². The number of nitrogens with one attached hydrogen (secondary N) is 2. The number of carbonyl (C=O) groups excluding carboxylic acids is 2. The molecule has 7 nitrogen and oxygen atoms in total. The van der Waals surface area contributed by atoms with Gasteiger partial charge in [0.1, 0.15) is 0 Å². The summed E-state index contributed by atoms with van der Waals surface area (Å²) in [5, 5.41) is 13.6. The maximum absolute atomic E-state index is 11.6. The summed E-state index contributed by atoms with van der Waals surface area (Å²) in [5.41, 5.74) is 0. The highest BCUT2D eigenvalue weighted by molar-refractivity contribution is 5.84. The van der Waals surface area contributed by atoms with E-state index in [1.54, 1.807) is 11.8 Å². The van der Waals surface area contributed by atoms with E-state index in [0.717, 1.165) is 0 Å². The van der Waals surface area contributed by atoms with Gasteiger partial charge in [-0.2, -0.15) is 0 Å². The molecule has 0 radical (unpaired) electrons. The van der Waals surface area contributed by atoms with E-state index >= 15 is 0 Å². The number of likely N-dealkylation sites (N-methyl/N-ethyl adjacent to an activating group) is 1. The molecule has 1 unspecified atom stereocenters. The van der Waals surface area contributed by atoms with Crippen LogP contribution in [-0.2, 0) is 9.59 Å². The van der Waals surface area contributed by atoms with E-state index in [0.29, 0.717) is 19.5 Å². The highest BCUT2D eigenvalue weighted by atomic mass is 16.4. The normalized spacial score (nSPS) is 11.5. The van der Waals surface area contributed by atoms with Crippen molar-refractivity contribution in [1.82, 2.24) is 15.5 Å². The molecule has 0 fully saturated rings. The van der Waals surface area contributed by atoms with Crippen LogP contribution in [-0.4, -0.2) is 53.6 Å². The third-order valence-corrected chi connectivity index (χ3v) is 2.77. The topological polar surface area (TPSA) is 98.7 Å². The maximum atomic E-state index is 11.6. The Morgan fingerprint density at radius 1 is 1.16 bits per heavy atom. The Bertz CT molecular complexity index is 316. The minimum atomic E-state index is -0.966. The molecule has 7 heteroatoms. The number of carbonyl (C=O) groups is 3. The number of amides is 3. The van der Waals surface area contributed by atoms with Gasteiger partial charge < -0.3 is 20.6 Å². The summed E-state index contributed by atoms with van der Waals surface area (Å²) in [6.45, 7) is 6.61. The van der Waals surface area contributed by atoms with Gasteiger partial charge in [-0.15, -0.1) is 0 Å². The van der Waals surface area contributed by atoms with Crippen LogP contribution < -0.4 is 10.6 Å². The molecule has 0 saturated heterocycles. The first kappa shape index (κ1) is 17.2. The molecule has 0 rings (SSSR count). The van der Waals surface area contributed by atoms with Crippen LogP contribution in [0.1, 0.15) is 33.6 Å². The van der Waals surface area contributed by atoms with E-state index in [2.05, 4.69) is 10.6 Å². The SMILES string of the molecule is CCC(CC(=O)O)NC(=O)NCC(=O)N(CC)CC. The Labute approximate surface area is 113 Å². The molecule has 0 aliphatic carbocycles. The van der Waals surface area contributed by atoms with Crippen LogP contribution in [0, 0.1) is 0 Å². The number of hydrogen-bond acceptors (Lipinski definition) is 3. The fraction of sp³-hybridized carbons (Fsp3) is 0.750. The molecule has 0 saturated carbocycles. The van der Waals surface area contributed by atoms with Crippen LogP contribution in [0.3, 0.4) is 0 Å². The second-order valence-electron chi connectivity index (χ2n) is 4.10. The van der Waals surface area contributed by atoms with Crippen molar-refractivity contribution in [2.45, 2.75) is 39.7 Å². The summed E-state index contributed by atoms with van der Waals surface area (Å²) in [7, 11) is 0. The van der Waals surface area contributed by atoms with Gasteiger partial charge in [-0.25, -0.2) is 4.79 Å². The number of carboxylic acids is 1. The van der Waals surface area contributed by atoms with Crippen molar-refractivity contribution in [3.05, 3.63) is 0 Å². The predicted octanol–water partition coefficient (Wildman–Crippen LogP) is 0.407. The molecule has 110 valence electrons. The Balaban J connectivity index is 4.10. The number of aliphatic carboxylic acids is 1. The smallest absolute Gasteiger partial charge is 0.315 e. The number of hydrogen-bond donors (Lipinski definition) is 3. The summed E-state index contributed by atoms with van der Waals surface area (Å²) in [4.78, 5) is 35.3. The molecule has 3 amide bonds. The predicted molar refractivity (Wildman–Crippen MR) is 70.8 cm³/mol. The molecule has 0 aromatic rings. The molecular weight excluding hydrogens is 250 g/mol. The number of rotatable bonds is 8. The van der Waals surface area contributed by atoms with Gasteiger partial charge in [0, 0.05) is 19.1 Å². The van der Waals surface area contributed by atoms with Gasteiger partial charge in [-0.1, -0.05) is 6.92 Å². The largest absolute Gasteiger partial charge is 0.481 e. The van der Waals surface area contributed by atoms with E-state index in [9.17, 15) is 14.4 Å². The summed E-state index contributed by atoms with van der Waals surface area (Å²) in [6.07, 6.45) is 0.387. The zero-order valence-electron chi connectivity index (χ0n) is 11.7. The first-order valence-electron chi connectivity index (χ1n) is 6.48. The molecule has 3 N–H and O–H groups in total. The Morgan fingerprint density at radius 3 is 2.16 bits per heavy atom. The molecule has 0 aliphatic rings. The van der Waals surface area contributed by atoms with Crippen LogP contribution in [0.4, 0.5) is 4.79 Å². The summed E-state index contributed by atoms with van der Waals surface area (Å²) in [6, 6.07) is -0.949. The Morgan fingerprint density at radius 2 is 1.74 bits per heavy atom. The second kappa shape index (κ2) is 9.18. The third-order valence-electron chi connectivity index (χ3n) is 2.77. The number of nitrogens with zero attached hydrogens (tertiary/aromatic N) is 1. The standard InChI is InChI=1S/C12H23N3O4/c1-4-9(7-11(17)18)14-12(19)13-8-10(16)15(5-2)6-3/h9H,4-8H2,1-3H3,(H,17,18)(H2,13,14,19). The quantitative estimate of drug-likeness (QED) is 0.596. The lowest BCUT2D eigenvalue weighted by Gasteiger charge is -2.20. The van der Waals surface area contributed by atoms with E-state index in [1.165, 1.54) is 0 Å². The highest BCUT2D eigenvalue weighted by Gasteiger charge is 2.15. The average molecular weight is 273 g/mol. The average Bonchev–Trinajstić information content (AvgIpc) is 2.36. The molecule has 0 heterocycles. The highest BCUT2D eigenvalue weighted by Crippen LogP contribution is 1.97.